The Bertz CT molecular complexity index is 700. The Balaban J connectivity index is 2.56. The molecule has 1 aromatic rings. The molecule has 0 spiro atoms. The molecule has 110 valence electrons. The number of hydrogen-bond donors (Lipinski definition) is 1. The van der Waals surface area contributed by atoms with Crippen molar-refractivity contribution in [3.05, 3.63) is 28.8 Å². The molecule has 0 heterocycles. The highest BCUT2D eigenvalue weighted by atomic mass is 16.5. The van der Waals surface area contributed by atoms with Crippen molar-refractivity contribution in [1.82, 2.24) is 0 Å². The van der Waals surface area contributed by atoms with Gasteiger partial charge in [-0.15, -0.1) is 0 Å². The van der Waals surface area contributed by atoms with Crippen LogP contribution in [0.3, 0.4) is 0 Å². The quantitative estimate of drug-likeness (QED) is 0.847. The van der Waals surface area contributed by atoms with Crippen LogP contribution < -0.4 is 10.5 Å². The predicted molar refractivity (Wildman–Crippen MR) is 82.4 cm³/mol. The lowest BCUT2D eigenvalue weighted by molar-refractivity contribution is -0.116. The van der Waals surface area contributed by atoms with E-state index in [1.165, 1.54) is 13.2 Å². The average molecular weight is 286 g/mol. The van der Waals surface area contributed by atoms with Crippen LogP contribution in [-0.4, -0.2) is 24.4 Å². The molecule has 5 nitrogen and oxygen atoms in total. The summed E-state index contributed by atoms with van der Waals surface area (Å²) in [5, 5.41) is 0. The molecule has 0 fully saturated rings. The highest BCUT2D eigenvalue weighted by molar-refractivity contribution is 6.50. The number of allylic oxidation sites excluding steroid dienone is 2. The Morgan fingerprint density at radius 3 is 2.52 bits per heavy atom. The molecule has 0 unspecified atom stereocenters. The molecule has 0 amide bonds. The fourth-order valence-corrected chi connectivity index (χ4v) is 2.40. The lowest BCUT2D eigenvalue weighted by Gasteiger charge is -2.15. The number of Topliss-reactive ketones (excluding diaryl/α,β-unsaturated/α-hetero) is 1. The molecule has 0 saturated heterocycles. The number of nitrogens with two attached hydrogens (primary N) is 1. The van der Waals surface area contributed by atoms with Crippen LogP contribution in [0.25, 0.3) is 0 Å². The number of aryl methyl sites for hydroxylation is 1. The van der Waals surface area contributed by atoms with Crippen LogP contribution in [0.5, 0.6) is 5.75 Å². The molecule has 1 aliphatic carbocycles. The maximum absolute atomic E-state index is 12.0. The summed E-state index contributed by atoms with van der Waals surface area (Å²) in [5.74, 6) is 0.244. The summed E-state index contributed by atoms with van der Waals surface area (Å²) in [6.07, 6.45) is 1.37. The monoisotopic (exact) mass is 286 g/mol. The number of carbonyl (C=O) groups excluding carboxylic acids is 2. The molecule has 1 aromatic carbocycles. The number of hydrogen-bond acceptors (Lipinski definition) is 5. The number of nitrogens with zero attached hydrogens (tertiary/aromatic N) is 1. The first-order valence-corrected chi connectivity index (χ1v) is 6.62. The standard InChI is InChI=1S/C16H18N2O3/c1-8-6-14(20)12(7-13(8)19)18-15-9(2)5-11(17)16(21-4)10(15)3/h5-6H,7,17H2,1-4H3. The fraction of sp³-hybridized carbons (Fsp3) is 0.312. The number of ketones is 2. The van der Waals surface area contributed by atoms with Crippen molar-refractivity contribution >= 4 is 28.7 Å². The molecule has 1 aliphatic rings. The van der Waals surface area contributed by atoms with Crippen molar-refractivity contribution < 1.29 is 14.3 Å². The highest BCUT2D eigenvalue weighted by Crippen LogP contribution is 2.37. The highest BCUT2D eigenvalue weighted by Gasteiger charge is 2.23. The molecule has 0 aliphatic heterocycles. The summed E-state index contributed by atoms with van der Waals surface area (Å²) in [4.78, 5) is 28.1. The van der Waals surface area contributed by atoms with Gasteiger partial charge in [-0.1, -0.05) is 0 Å². The Kier molecular flexibility index (Phi) is 3.93. The van der Waals surface area contributed by atoms with Crippen LogP contribution >= 0.6 is 0 Å². The minimum atomic E-state index is -0.221. The molecule has 0 atom stereocenters. The van der Waals surface area contributed by atoms with Gasteiger partial charge in [0, 0.05) is 5.56 Å². The smallest absolute Gasteiger partial charge is 0.200 e. The topological polar surface area (TPSA) is 81.8 Å². The second-order valence-corrected chi connectivity index (χ2v) is 5.14. The van der Waals surface area contributed by atoms with E-state index in [0.29, 0.717) is 22.7 Å². The molecule has 5 heteroatoms. The van der Waals surface area contributed by atoms with E-state index >= 15 is 0 Å². The molecule has 2 rings (SSSR count). The Morgan fingerprint density at radius 1 is 1.24 bits per heavy atom. The first kappa shape index (κ1) is 15.0. The van der Waals surface area contributed by atoms with E-state index in [0.717, 1.165) is 11.1 Å². The Labute approximate surface area is 123 Å². The van der Waals surface area contributed by atoms with Gasteiger partial charge in [-0.2, -0.15) is 0 Å². The van der Waals surface area contributed by atoms with Crippen LogP contribution in [0.15, 0.2) is 22.7 Å². The first-order chi connectivity index (χ1) is 9.85. The zero-order valence-corrected chi connectivity index (χ0v) is 12.6. The van der Waals surface area contributed by atoms with Gasteiger partial charge in [-0.05, 0) is 44.1 Å². The number of aliphatic imine (C=N–C) groups is 1. The van der Waals surface area contributed by atoms with Gasteiger partial charge in [-0.25, -0.2) is 4.99 Å². The van der Waals surface area contributed by atoms with Gasteiger partial charge in [-0.3, -0.25) is 9.59 Å². The normalized spacial score (nSPS) is 17.1. The van der Waals surface area contributed by atoms with Crippen LogP contribution in [0, 0.1) is 13.8 Å². The first-order valence-electron chi connectivity index (χ1n) is 6.62. The van der Waals surface area contributed by atoms with Gasteiger partial charge >= 0.3 is 0 Å². The van der Waals surface area contributed by atoms with Gasteiger partial charge in [0.1, 0.15) is 5.75 Å². The summed E-state index contributed by atoms with van der Waals surface area (Å²) in [7, 11) is 1.53. The third-order valence-corrected chi connectivity index (χ3v) is 3.55. The van der Waals surface area contributed by atoms with Crippen molar-refractivity contribution in [1.29, 1.82) is 0 Å². The third kappa shape index (κ3) is 2.72. The Hall–Kier alpha value is -2.43. The van der Waals surface area contributed by atoms with Crippen molar-refractivity contribution in [2.45, 2.75) is 27.2 Å². The zero-order valence-electron chi connectivity index (χ0n) is 12.6. The van der Waals surface area contributed by atoms with Crippen LogP contribution in [0.2, 0.25) is 0 Å². The summed E-state index contributed by atoms with van der Waals surface area (Å²) >= 11 is 0. The van der Waals surface area contributed by atoms with Gasteiger partial charge in [0.05, 0.1) is 30.6 Å². The molecule has 0 aromatic heterocycles. The van der Waals surface area contributed by atoms with Crippen molar-refractivity contribution in [2.75, 3.05) is 12.8 Å². The minimum Gasteiger partial charge on any atom is -0.494 e. The number of carbonyl (C=O) groups is 2. The SMILES string of the molecule is COc1c(N)cc(C)c(N=C2CC(=O)C(C)=CC2=O)c1C. The molecule has 21 heavy (non-hydrogen) atoms. The maximum atomic E-state index is 12.0. The van der Waals surface area contributed by atoms with E-state index in [1.54, 1.807) is 13.0 Å². The van der Waals surface area contributed by atoms with Crippen LogP contribution in [0.1, 0.15) is 24.5 Å². The number of ether oxygens (including phenoxy) is 1. The van der Waals surface area contributed by atoms with E-state index in [9.17, 15) is 9.59 Å². The number of anilines is 1. The molecule has 0 bridgehead atoms. The molecular formula is C16H18N2O3. The van der Waals surface area contributed by atoms with Gasteiger partial charge in [0.2, 0.25) is 5.78 Å². The largest absolute Gasteiger partial charge is 0.494 e. The van der Waals surface area contributed by atoms with Gasteiger partial charge in [0.15, 0.2) is 5.78 Å². The summed E-state index contributed by atoms with van der Waals surface area (Å²) in [5.41, 5.74) is 9.38. The zero-order chi connectivity index (χ0) is 15.7. The van der Waals surface area contributed by atoms with E-state index in [1.807, 2.05) is 13.8 Å². The minimum absolute atomic E-state index is 0.0345. The number of rotatable bonds is 2. The second kappa shape index (κ2) is 5.52. The van der Waals surface area contributed by atoms with Gasteiger partial charge in [0.25, 0.3) is 0 Å². The molecule has 0 radical (unpaired) electrons. The number of methoxy groups -OCH3 is 1. The van der Waals surface area contributed by atoms with Crippen molar-refractivity contribution in [2.24, 2.45) is 4.99 Å². The molecular weight excluding hydrogens is 268 g/mol. The van der Waals surface area contributed by atoms with E-state index in [-0.39, 0.29) is 23.7 Å². The number of nitrogen functional groups attached to an aromatic ring is 1. The average Bonchev–Trinajstić information content (AvgIpc) is 2.40. The third-order valence-electron chi connectivity index (χ3n) is 3.55. The van der Waals surface area contributed by atoms with E-state index < -0.39 is 0 Å². The summed E-state index contributed by atoms with van der Waals surface area (Å²) in [6.45, 7) is 5.33. The lowest BCUT2D eigenvalue weighted by Crippen LogP contribution is -2.23. The van der Waals surface area contributed by atoms with Crippen molar-refractivity contribution in [3.63, 3.8) is 0 Å². The summed E-state index contributed by atoms with van der Waals surface area (Å²) in [6, 6.07) is 1.75. The Morgan fingerprint density at radius 2 is 1.90 bits per heavy atom. The predicted octanol–water partition coefficient (Wildman–Crippen LogP) is 2.45. The summed E-state index contributed by atoms with van der Waals surface area (Å²) < 4.78 is 5.27. The number of benzene rings is 1. The van der Waals surface area contributed by atoms with Crippen LogP contribution in [-0.2, 0) is 9.59 Å². The molecule has 0 saturated carbocycles. The second-order valence-electron chi connectivity index (χ2n) is 5.14. The fourth-order valence-electron chi connectivity index (χ4n) is 2.40. The van der Waals surface area contributed by atoms with Gasteiger partial charge < -0.3 is 10.5 Å². The lowest BCUT2D eigenvalue weighted by atomic mass is 9.96. The van der Waals surface area contributed by atoms with Crippen LogP contribution in [0.4, 0.5) is 11.4 Å². The van der Waals surface area contributed by atoms with E-state index in [4.69, 9.17) is 10.5 Å². The molecule has 2 N–H and O–H groups in total. The van der Waals surface area contributed by atoms with Crippen molar-refractivity contribution in [3.8, 4) is 5.75 Å². The van der Waals surface area contributed by atoms with E-state index in [2.05, 4.69) is 4.99 Å². The maximum Gasteiger partial charge on any atom is 0.200 e.